The molecule has 266 valence electrons. The Labute approximate surface area is 287 Å². The number of carbonyl (C=O) groups excluding carboxylic acids is 2. The van der Waals surface area contributed by atoms with Gasteiger partial charge in [-0.15, -0.1) is 0 Å². The van der Waals surface area contributed by atoms with Gasteiger partial charge in [0.15, 0.2) is 0 Å². The van der Waals surface area contributed by atoms with Crippen LogP contribution in [-0.4, -0.2) is 44.0 Å². The Kier molecular flexibility index (Phi) is 12.5. The van der Waals surface area contributed by atoms with Gasteiger partial charge in [0.25, 0.3) is 0 Å². The number of benzene rings is 4. The highest BCUT2D eigenvalue weighted by Gasteiger charge is 2.36. The number of carbonyl (C=O) groups is 2. The Morgan fingerprint density at radius 2 is 1.35 bits per heavy atom. The van der Waals surface area contributed by atoms with Crippen molar-refractivity contribution in [3.05, 3.63) is 125 Å². The van der Waals surface area contributed by atoms with E-state index in [0.29, 0.717) is 22.1 Å². The molecule has 10 nitrogen and oxygen atoms in total. The molecule has 0 aromatic heterocycles. The van der Waals surface area contributed by atoms with E-state index in [4.69, 9.17) is 24.9 Å². The van der Waals surface area contributed by atoms with E-state index in [1.165, 1.54) is 30.3 Å². The highest BCUT2D eigenvalue weighted by Crippen LogP contribution is 2.35. The molecular weight excluding hydrogens is 684 g/mol. The summed E-state index contributed by atoms with van der Waals surface area (Å²) < 4.78 is 96.6. The lowest BCUT2D eigenvalue weighted by Gasteiger charge is -2.27. The van der Waals surface area contributed by atoms with Crippen LogP contribution in [0.25, 0.3) is 0 Å². The molecule has 0 spiro atoms. The summed E-state index contributed by atoms with van der Waals surface area (Å²) in [7, 11) is 0. The van der Waals surface area contributed by atoms with Gasteiger partial charge in [0.2, 0.25) is 5.96 Å². The van der Waals surface area contributed by atoms with Crippen LogP contribution >= 0.6 is 0 Å². The predicted octanol–water partition coefficient (Wildman–Crippen LogP) is 8.03. The monoisotopic (exact) mass is 713 g/mol. The topological polar surface area (TPSA) is 128 Å². The van der Waals surface area contributed by atoms with E-state index in [-0.39, 0.29) is 24.7 Å². The molecule has 4 aromatic carbocycles. The van der Waals surface area contributed by atoms with Crippen LogP contribution in [0.4, 0.5) is 47.3 Å². The second kappa shape index (κ2) is 16.9. The smallest absolute Gasteiger partial charge is 0.421 e. The summed E-state index contributed by atoms with van der Waals surface area (Å²) in [6.45, 7) is -2.78. The molecule has 51 heavy (non-hydrogen) atoms. The van der Waals surface area contributed by atoms with Crippen LogP contribution in [0.5, 0.6) is 5.75 Å². The van der Waals surface area contributed by atoms with Crippen molar-refractivity contribution >= 4 is 29.5 Å². The minimum atomic E-state index is -4.97. The summed E-state index contributed by atoms with van der Waals surface area (Å²) in [4.78, 5) is 27.0. The molecule has 0 heterocycles. The summed E-state index contributed by atoms with van der Waals surface area (Å²) in [5, 5.41) is 19.7. The maximum Gasteiger partial charge on any atom is 0.421 e. The molecular formula is C35H29F6N5O5. The zero-order chi connectivity index (χ0) is 37.0. The number of alkyl halides is 6. The van der Waals surface area contributed by atoms with Gasteiger partial charge >= 0.3 is 24.5 Å². The number of ether oxygens (including phenoxy) is 3. The number of rotatable bonds is 11. The van der Waals surface area contributed by atoms with E-state index in [1.54, 1.807) is 60.7 Å². The van der Waals surface area contributed by atoms with Crippen LogP contribution in [0.15, 0.2) is 103 Å². The highest BCUT2D eigenvalue weighted by molar-refractivity contribution is 6.15. The minimum Gasteiger partial charge on any atom is -0.492 e. The number of hydrogen-bond donors (Lipinski definition) is 2. The summed E-state index contributed by atoms with van der Waals surface area (Å²) in [5.74, 6) is -0.621. The van der Waals surface area contributed by atoms with Crippen LogP contribution in [-0.2, 0) is 28.9 Å². The number of nitriles is 1. The van der Waals surface area contributed by atoms with Gasteiger partial charge in [-0.2, -0.15) is 31.6 Å². The molecule has 4 aromatic rings. The lowest BCUT2D eigenvalue weighted by Crippen LogP contribution is -2.47. The molecule has 0 radical (unpaired) electrons. The zero-order valence-electron chi connectivity index (χ0n) is 26.5. The Morgan fingerprint density at radius 1 is 0.784 bits per heavy atom. The van der Waals surface area contributed by atoms with E-state index in [9.17, 15) is 35.9 Å². The van der Waals surface area contributed by atoms with Crippen molar-refractivity contribution in [2.75, 3.05) is 29.5 Å². The second-order valence-electron chi connectivity index (χ2n) is 10.6. The first kappa shape index (κ1) is 37.6. The van der Waals surface area contributed by atoms with Crippen molar-refractivity contribution in [2.24, 2.45) is 0 Å². The Balaban J connectivity index is 1.46. The van der Waals surface area contributed by atoms with Crippen LogP contribution in [0.1, 0.15) is 22.3 Å². The number of nitrogens with zero attached hydrogens (tertiary/aromatic N) is 3. The fraction of sp³-hybridized carbons (Fsp3) is 0.200. The van der Waals surface area contributed by atoms with E-state index in [2.05, 4.69) is 5.32 Å². The molecule has 16 heteroatoms. The SMILES string of the molecule is N#Cc1ccc(N(CCOc2ccc(N(C(=N)NC(=O)OCc3ccccc3)C(=O)OCc3ccccc3)cc2)CC(F)(F)F)cc1C(F)(F)F. The molecule has 0 fully saturated rings. The van der Waals surface area contributed by atoms with Crippen LogP contribution in [0.2, 0.25) is 0 Å². The van der Waals surface area contributed by atoms with Crippen LogP contribution < -0.4 is 19.9 Å². The number of alkyl carbamates (subject to hydrolysis) is 1. The molecule has 2 N–H and O–H groups in total. The third-order valence-corrected chi connectivity index (χ3v) is 6.93. The van der Waals surface area contributed by atoms with E-state index in [0.717, 1.165) is 17.0 Å². The molecule has 0 aliphatic rings. The lowest BCUT2D eigenvalue weighted by atomic mass is 10.1. The average molecular weight is 714 g/mol. The molecule has 2 amide bonds. The van der Waals surface area contributed by atoms with Crippen molar-refractivity contribution in [3.63, 3.8) is 0 Å². The largest absolute Gasteiger partial charge is 0.492 e. The first-order valence-electron chi connectivity index (χ1n) is 15.0. The molecule has 0 saturated heterocycles. The fourth-order valence-electron chi connectivity index (χ4n) is 4.56. The van der Waals surface area contributed by atoms with E-state index < -0.39 is 67.0 Å². The highest BCUT2D eigenvalue weighted by atomic mass is 19.4. The standard InChI is InChI=1S/C35H29F6N5O5/c36-34(37,38)23-45(28-12-11-26(20-42)30(19-28)35(39,40)41)17-18-49-29-15-13-27(14-16-29)46(33(48)51-22-25-9-5-2-6-10-25)31(43)44-32(47)50-21-24-7-3-1-4-8-24/h1-16,19H,17-18,21-23H2,(H2,43,44,47). The molecule has 0 atom stereocenters. The van der Waals surface area contributed by atoms with Gasteiger partial charge in [0.1, 0.15) is 32.1 Å². The fourth-order valence-corrected chi connectivity index (χ4v) is 4.56. The number of guanidine groups is 1. The summed E-state index contributed by atoms with van der Waals surface area (Å²) in [5.41, 5.74) is -1.17. The van der Waals surface area contributed by atoms with Crippen molar-refractivity contribution in [1.29, 1.82) is 10.7 Å². The summed E-state index contributed by atoms with van der Waals surface area (Å²) >= 11 is 0. The Morgan fingerprint density at radius 3 is 1.90 bits per heavy atom. The van der Waals surface area contributed by atoms with E-state index in [1.807, 2.05) is 0 Å². The number of nitrogens with one attached hydrogen (secondary N) is 2. The first-order chi connectivity index (χ1) is 24.2. The van der Waals surface area contributed by atoms with Crippen molar-refractivity contribution in [3.8, 4) is 11.8 Å². The normalized spacial score (nSPS) is 11.2. The van der Waals surface area contributed by atoms with Crippen LogP contribution in [0, 0.1) is 16.7 Å². The summed E-state index contributed by atoms with van der Waals surface area (Å²) in [6, 6.07) is 26.3. The number of anilines is 2. The molecule has 0 aliphatic carbocycles. The van der Waals surface area contributed by atoms with Crippen molar-refractivity contribution in [2.45, 2.75) is 25.6 Å². The van der Waals surface area contributed by atoms with Gasteiger partial charge in [-0.3, -0.25) is 10.7 Å². The Bertz CT molecular complexity index is 1830. The molecule has 0 bridgehead atoms. The number of halogens is 6. The predicted molar refractivity (Wildman–Crippen MR) is 173 cm³/mol. The van der Waals surface area contributed by atoms with Crippen molar-refractivity contribution in [1.82, 2.24) is 5.32 Å². The van der Waals surface area contributed by atoms with Crippen LogP contribution in [0.3, 0.4) is 0 Å². The third-order valence-electron chi connectivity index (χ3n) is 6.93. The first-order valence-corrected chi connectivity index (χ1v) is 15.0. The van der Waals surface area contributed by atoms with Gasteiger partial charge in [0, 0.05) is 5.69 Å². The second-order valence-corrected chi connectivity index (χ2v) is 10.6. The minimum absolute atomic E-state index is 0.0322. The quantitative estimate of drug-likeness (QED) is 0.0915. The van der Waals surface area contributed by atoms with Gasteiger partial charge in [-0.05, 0) is 53.6 Å². The third kappa shape index (κ3) is 11.4. The van der Waals surface area contributed by atoms with Gasteiger partial charge < -0.3 is 19.1 Å². The molecule has 4 rings (SSSR count). The Hall–Kier alpha value is -6.24. The number of amides is 2. The number of hydrogen-bond acceptors (Lipinski definition) is 8. The van der Waals surface area contributed by atoms with E-state index >= 15 is 0 Å². The van der Waals surface area contributed by atoms with Gasteiger partial charge in [0.05, 0.1) is 29.4 Å². The van der Waals surface area contributed by atoms with Crippen molar-refractivity contribution < 1.29 is 50.1 Å². The zero-order valence-corrected chi connectivity index (χ0v) is 26.5. The van der Waals surface area contributed by atoms with Gasteiger partial charge in [-0.25, -0.2) is 14.5 Å². The maximum absolute atomic E-state index is 13.5. The molecule has 0 saturated carbocycles. The lowest BCUT2D eigenvalue weighted by molar-refractivity contribution is -0.137. The summed E-state index contributed by atoms with van der Waals surface area (Å²) in [6.07, 6.45) is -11.8. The molecule has 0 aliphatic heterocycles. The molecule has 0 unspecified atom stereocenters. The average Bonchev–Trinajstić information content (AvgIpc) is 3.10. The van der Waals surface area contributed by atoms with Gasteiger partial charge in [-0.1, -0.05) is 60.7 Å². The maximum atomic E-state index is 13.5.